The van der Waals surface area contributed by atoms with Crippen molar-refractivity contribution in [1.82, 2.24) is 9.78 Å². The molecule has 0 saturated heterocycles. The van der Waals surface area contributed by atoms with Crippen molar-refractivity contribution in [2.24, 2.45) is 7.05 Å². The van der Waals surface area contributed by atoms with Crippen LogP contribution >= 0.6 is 38.5 Å². The van der Waals surface area contributed by atoms with Gasteiger partial charge in [-0.05, 0) is 47.2 Å². The second-order valence-electron chi connectivity index (χ2n) is 4.21. The fraction of sp³-hybridized carbons (Fsp3) is 0.308. The van der Waals surface area contributed by atoms with Crippen LogP contribution < -0.4 is 5.73 Å². The molecule has 5 heteroatoms. The van der Waals surface area contributed by atoms with Crippen LogP contribution in [0.2, 0.25) is 0 Å². The first-order chi connectivity index (χ1) is 8.54. The minimum absolute atomic E-state index is 0.766. The number of halogens is 2. The molecule has 3 nitrogen and oxygen atoms in total. The summed E-state index contributed by atoms with van der Waals surface area (Å²) in [5.41, 5.74) is 9.39. The Bertz CT molecular complexity index is 578. The molecule has 1 aromatic heterocycles. The zero-order valence-electron chi connectivity index (χ0n) is 10.4. The molecule has 2 N–H and O–H groups in total. The Kier molecular flexibility index (Phi) is 4.32. The van der Waals surface area contributed by atoms with Crippen LogP contribution in [0.25, 0.3) is 11.3 Å². The Morgan fingerprint density at radius 2 is 2.17 bits per heavy atom. The van der Waals surface area contributed by atoms with Gasteiger partial charge in [-0.25, -0.2) is 0 Å². The lowest BCUT2D eigenvalue weighted by molar-refractivity contribution is 0.781. The van der Waals surface area contributed by atoms with E-state index in [9.17, 15) is 0 Å². The van der Waals surface area contributed by atoms with Gasteiger partial charge in [-0.15, -0.1) is 0 Å². The molecule has 1 aromatic carbocycles. The highest BCUT2D eigenvalue weighted by molar-refractivity contribution is 14.1. The van der Waals surface area contributed by atoms with Crippen molar-refractivity contribution in [2.45, 2.75) is 19.8 Å². The standard InChI is InChI=1S/C13H15BrIN3/c1-3-4-9-12(17-18(2)13(9)16)10-7-8(14)5-6-11(10)15/h5-7H,3-4,16H2,1-2H3. The maximum atomic E-state index is 6.10. The van der Waals surface area contributed by atoms with E-state index >= 15 is 0 Å². The van der Waals surface area contributed by atoms with E-state index in [1.807, 2.05) is 13.1 Å². The lowest BCUT2D eigenvalue weighted by Crippen LogP contribution is -1.99. The number of nitrogens with two attached hydrogens (primary N) is 1. The quantitative estimate of drug-likeness (QED) is 0.764. The molecule has 18 heavy (non-hydrogen) atoms. The molecule has 0 saturated carbocycles. The third kappa shape index (κ3) is 2.56. The number of anilines is 1. The average molecular weight is 420 g/mol. The molecule has 0 atom stereocenters. The molecular formula is C13H15BrIN3. The van der Waals surface area contributed by atoms with E-state index in [1.165, 1.54) is 3.57 Å². The lowest BCUT2D eigenvalue weighted by atomic mass is 10.0. The van der Waals surface area contributed by atoms with Crippen molar-refractivity contribution in [3.63, 3.8) is 0 Å². The summed E-state index contributed by atoms with van der Waals surface area (Å²) in [5.74, 6) is 0.766. The summed E-state index contributed by atoms with van der Waals surface area (Å²) in [6, 6.07) is 6.22. The number of nitrogens with zero attached hydrogens (tertiary/aromatic N) is 2. The van der Waals surface area contributed by atoms with Crippen molar-refractivity contribution in [3.8, 4) is 11.3 Å². The van der Waals surface area contributed by atoms with Gasteiger partial charge in [-0.1, -0.05) is 29.3 Å². The van der Waals surface area contributed by atoms with Gasteiger partial charge in [0.2, 0.25) is 0 Å². The molecule has 0 unspecified atom stereocenters. The number of aryl methyl sites for hydroxylation is 1. The number of rotatable bonds is 3. The van der Waals surface area contributed by atoms with Crippen LogP contribution in [-0.2, 0) is 13.5 Å². The van der Waals surface area contributed by atoms with Crippen LogP contribution in [0.1, 0.15) is 18.9 Å². The second-order valence-corrected chi connectivity index (χ2v) is 6.29. The smallest absolute Gasteiger partial charge is 0.125 e. The SMILES string of the molecule is CCCc1c(-c2cc(Br)ccc2I)nn(C)c1N. The zero-order valence-corrected chi connectivity index (χ0v) is 14.1. The first-order valence-corrected chi connectivity index (χ1v) is 7.68. The Hall–Kier alpha value is -0.560. The van der Waals surface area contributed by atoms with Crippen LogP contribution in [0.3, 0.4) is 0 Å². The Morgan fingerprint density at radius 1 is 1.44 bits per heavy atom. The summed E-state index contributed by atoms with van der Waals surface area (Å²) in [5, 5.41) is 4.57. The van der Waals surface area contributed by atoms with Crippen LogP contribution in [0, 0.1) is 3.57 Å². The summed E-state index contributed by atoms with van der Waals surface area (Å²) >= 11 is 5.85. The van der Waals surface area contributed by atoms with Gasteiger partial charge in [-0.2, -0.15) is 5.10 Å². The number of hydrogen-bond acceptors (Lipinski definition) is 2. The zero-order chi connectivity index (χ0) is 13.3. The number of benzene rings is 1. The van der Waals surface area contributed by atoms with Gasteiger partial charge in [0.15, 0.2) is 0 Å². The van der Waals surface area contributed by atoms with Gasteiger partial charge >= 0.3 is 0 Å². The Morgan fingerprint density at radius 3 is 2.83 bits per heavy atom. The monoisotopic (exact) mass is 419 g/mol. The van der Waals surface area contributed by atoms with Gasteiger partial charge in [0.05, 0.1) is 5.69 Å². The third-order valence-corrected chi connectivity index (χ3v) is 4.31. The highest BCUT2D eigenvalue weighted by atomic mass is 127. The largest absolute Gasteiger partial charge is 0.384 e. The van der Waals surface area contributed by atoms with Crippen LogP contribution in [0.15, 0.2) is 22.7 Å². The van der Waals surface area contributed by atoms with Crippen LogP contribution in [0.4, 0.5) is 5.82 Å². The van der Waals surface area contributed by atoms with Gasteiger partial charge in [0.25, 0.3) is 0 Å². The molecule has 0 aliphatic carbocycles. The predicted octanol–water partition coefficient (Wildman–Crippen LogP) is 3.99. The van der Waals surface area contributed by atoms with Crippen molar-refractivity contribution in [1.29, 1.82) is 0 Å². The van der Waals surface area contributed by atoms with Gasteiger partial charge in [-0.3, -0.25) is 4.68 Å². The van der Waals surface area contributed by atoms with Crippen molar-refractivity contribution >= 4 is 44.3 Å². The number of aromatic nitrogens is 2. The second kappa shape index (κ2) is 5.61. The molecule has 0 amide bonds. The lowest BCUT2D eigenvalue weighted by Gasteiger charge is -2.05. The highest BCUT2D eigenvalue weighted by Gasteiger charge is 2.16. The molecule has 0 aliphatic rings. The van der Waals surface area contributed by atoms with Crippen molar-refractivity contribution < 1.29 is 0 Å². The molecule has 0 aliphatic heterocycles. The number of nitrogen functional groups attached to an aromatic ring is 1. The molecule has 2 rings (SSSR count). The molecule has 0 fully saturated rings. The Labute approximate surface area is 129 Å². The third-order valence-electron chi connectivity index (χ3n) is 2.88. The van der Waals surface area contributed by atoms with E-state index in [1.54, 1.807) is 4.68 Å². The first kappa shape index (κ1) is 13.9. The molecule has 0 radical (unpaired) electrons. The fourth-order valence-corrected chi connectivity index (χ4v) is 2.92. The molecule has 1 heterocycles. The first-order valence-electron chi connectivity index (χ1n) is 5.81. The molecule has 0 spiro atoms. The summed E-state index contributed by atoms with van der Waals surface area (Å²) in [4.78, 5) is 0. The average Bonchev–Trinajstić information content (AvgIpc) is 2.61. The van der Waals surface area contributed by atoms with E-state index in [0.717, 1.165) is 40.0 Å². The van der Waals surface area contributed by atoms with Gasteiger partial charge in [0.1, 0.15) is 5.82 Å². The molecule has 96 valence electrons. The topological polar surface area (TPSA) is 43.8 Å². The van der Waals surface area contributed by atoms with Crippen LogP contribution in [0.5, 0.6) is 0 Å². The fourth-order valence-electron chi connectivity index (χ4n) is 1.97. The molecule has 0 bridgehead atoms. The normalized spacial score (nSPS) is 10.9. The maximum Gasteiger partial charge on any atom is 0.125 e. The molecular weight excluding hydrogens is 405 g/mol. The predicted molar refractivity (Wildman–Crippen MR) is 87.5 cm³/mol. The number of hydrogen-bond donors (Lipinski definition) is 1. The van der Waals surface area contributed by atoms with E-state index < -0.39 is 0 Å². The van der Waals surface area contributed by atoms with E-state index in [4.69, 9.17) is 5.73 Å². The highest BCUT2D eigenvalue weighted by Crippen LogP contribution is 2.32. The summed E-state index contributed by atoms with van der Waals surface area (Å²) in [7, 11) is 1.89. The van der Waals surface area contributed by atoms with Crippen LogP contribution in [-0.4, -0.2) is 9.78 Å². The van der Waals surface area contributed by atoms with Crippen molar-refractivity contribution in [3.05, 3.63) is 31.8 Å². The summed E-state index contributed by atoms with van der Waals surface area (Å²) < 4.78 is 4.01. The van der Waals surface area contributed by atoms with Gasteiger partial charge in [0, 0.05) is 26.2 Å². The molecule has 2 aromatic rings. The van der Waals surface area contributed by atoms with E-state index in [0.29, 0.717) is 0 Å². The summed E-state index contributed by atoms with van der Waals surface area (Å²) in [6.45, 7) is 2.15. The van der Waals surface area contributed by atoms with Crippen molar-refractivity contribution in [2.75, 3.05) is 5.73 Å². The minimum atomic E-state index is 0.766. The summed E-state index contributed by atoms with van der Waals surface area (Å²) in [6.07, 6.45) is 2.02. The maximum absolute atomic E-state index is 6.10. The van der Waals surface area contributed by atoms with E-state index in [-0.39, 0.29) is 0 Å². The Balaban J connectivity index is 2.63. The van der Waals surface area contributed by atoms with Gasteiger partial charge < -0.3 is 5.73 Å². The minimum Gasteiger partial charge on any atom is -0.384 e. The van der Waals surface area contributed by atoms with E-state index in [2.05, 4.69) is 62.7 Å².